The van der Waals surface area contributed by atoms with Gasteiger partial charge >= 0.3 is 0 Å². The van der Waals surface area contributed by atoms with Crippen molar-refractivity contribution >= 4 is 11.0 Å². The lowest BCUT2D eigenvalue weighted by molar-refractivity contribution is 0.450. The van der Waals surface area contributed by atoms with Crippen LogP contribution in [0.1, 0.15) is 39.2 Å². The van der Waals surface area contributed by atoms with Crippen LogP contribution >= 0.6 is 0 Å². The van der Waals surface area contributed by atoms with Gasteiger partial charge in [-0.15, -0.1) is 0 Å². The maximum Gasteiger partial charge on any atom is 0.134 e. The molecule has 2 nitrogen and oxygen atoms in total. The summed E-state index contributed by atoms with van der Waals surface area (Å²) in [5, 5.41) is 4.80. The summed E-state index contributed by atoms with van der Waals surface area (Å²) >= 11 is 0. The van der Waals surface area contributed by atoms with Gasteiger partial charge in [0.2, 0.25) is 0 Å². The molecule has 1 aromatic carbocycles. The largest absolute Gasteiger partial charge is 0.464 e. The van der Waals surface area contributed by atoms with E-state index in [0.717, 1.165) is 18.0 Å². The van der Waals surface area contributed by atoms with Crippen molar-refractivity contribution in [1.82, 2.24) is 5.32 Å². The summed E-state index contributed by atoms with van der Waals surface area (Å²) in [7, 11) is 0. The number of fused-ring (bicyclic) bond motifs is 1. The minimum atomic E-state index is 0.557. The van der Waals surface area contributed by atoms with Gasteiger partial charge in [-0.25, -0.2) is 0 Å². The van der Waals surface area contributed by atoms with Crippen LogP contribution in [0.3, 0.4) is 0 Å². The summed E-state index contributed by atoms with van der Waals surface area (Å²) < 4.78 is 5.54. The molecule has 1 atom stereocenters. The average Bonchev–Trinajstić information content (AvgIpc) is 2.77. The Morgan fingerprint density at radius 2 is 1.89 bits per heavy atom. The molecule has 2 aromatic rings. The minimum absolute atomic E-state index is 0.557. The van der Waals surface area contributed by atoms with E-state index in [1.54, 1.807) is 0 Å². The molecular formula is C16H23NO. The van der Waals surface area contributed by atoms with E-state index in [9.17, 15) is 0 Å². The first-order valence-electron chi connectivity index (χ1n) is 6.85. The Kier molecular flexibility index (Phi) is 4.43. The Hall–Kier alpha value is -1.28. The van der Waals surface area contributed by atoms with E-state index in [1.807, 2.05) is 18.4 Å². The normalized spacial score (nSPS) is 13.3. The van der Waals surface area contributed by atoms with Gasteiger partial charge in [0.1, 0.15) is 5.58 Å². The van der Waals surface area contributed by atoms with Gasteiger partial charge in [-0.2, -0.15) is 0 Å². The fourth-order valence-electron chi connectivity index (χ4n) is 2.14. The van der Waals surface area contributed by atoms with E-state index in [2.05, 4.69) is 38.2 Å². The van der Waals surface area contributed by atoms with E-state index < -0.39 is 0 Å². The van der Waals surface area contributed by atoms with Crippen molar-refractivity contribution in [3.05, 3.63) is 36.1 Å². The summed E-state index contributed by atoms with van der Waals surface area (Å²) in [4.78, 5) is 0. The van der Waals surface area contributed by atoms with Crippen LogP contribution < -0.4 is 5.32 Å². The van der Waals surface area contributed by atoms with Crippen molar-refractivity contribution in [2.45, 2.75) is 46.2 Å². The number of benzene rings is 1. The summed E-state index contributed by atoms with van der Waals surface area (Å²) in [5.74, 6) is 0.781. The monoisotopic (exact) mass is 245 g/mol. The Morgan fingerprint density at radius 3 is 2.67 bits per heavy atom. The molecular weight excluding hydrogens is 222 g/mol. The van der Waals surface area contributed by atoms with Crippen molar-refractivity contribution in [2.24, 2.45) is 5.92 Å². The second kappa shape index (κ2) is 6.05. The molecule has 0 amide bonds. The maximum atomic E-state index is 5.54. The first-order valence-corrected chi connectivity index (χ1v) is 6.85. The third-order valence-electron chi connectivity index (χ3n) is 3.38. The van der Waals surface area contributed by atoms with Crippen molar-refractivity contribution in [3.8, 4) is 0 Å². The highest BCUT2D eigenvalue weighted by molar-refractivity contribution is 5.80. The molecule has 98 valence electrons. The van der Waals surface area contributed by atoms with Gasteiger partial charge in [0.05, 0.1) is 6.26 Å². The molecule has 0 saturated heterocycles. The summed E-state index contributed by atoms with van der Waals surface area (Å²) in [6.07, 6.45) is 4.38. The van der Waals surface area contributed by atoms with Gasteiger partial charge < -0.3 is 9.73 Å². The van der Waals surface area contributed by atoms with Crippen LogP contribution in [0.2, 0.25) is 0 Å². The summed E-state index contributed by atoms with van der Waals surface area (Å²) in [6, 6.07) is 8.76. The molecule has 1 aromatic heterocycles. The van der Waals surface area contributed by atoms with Crippen molar-refractivity contribution in [3.63, 3.8) is 0 Å². The lowest BCUT2D eigenvalue weighted by Gasteiger charge is -2.14. The van der Waals surface area contributed by atoms with Gasteiger partial charge in [0.15, 0.2) is 0 Å². The highest BCUT2D eigenvalue weighted by Crippen LogP contribution is 2.20. The molecule has 2 heteroatoms. The standard InChI is InChI=1S/C16H23NO/c1-12(2)8-9-13(3)17-10-14-11-18-16-7-5-4-6-15(14)16/h4-7,11-13,17H,8-10H2,1-3H3. The van der Waals surface area contributed by atoms with Crippen molar-refractivity contribution in [2.75, 3.05) is 0 Å². The average molecular weight is 245 g/mol. The molecule has 0 aliphatic carbocycles. The quantitative estimate of drug-likeness (QED) is 0.818. The SMILES string of the molecule is CC(C)CCC(C)NCc1coc2ccccc12. The van der Waals surface area contributed by atoms with E-state index in [1.165, 1.54) is 23.8 Å². The van der Waals surface area contributed by atoms with Gasteiger partial charge in [-0.1, -0.05) is 32.0 Å². The third-order valence-corrected chi connectivity index (χ3v) is 3.38. The molecule has 1 N–H and O–H groups in total. The van der Waals surface area contributed by atoms with Gasteiger partial charge in [0, 0.05) is 23.5 Å². The van der Waals surface area contributed by atoms with E-state index in [0.29, 0.717) is 6.04 Å². The second-order valence-electron chi connectivity index (χ2n) is 5.51. The number of nitrogens with one attached hydrogen (secondary N) is 1. The maximum absolute atomic E-state index is 5.54. The van der Waals surface area contributed by atoms with Crippen LogP contribution in [0.4, 0.5) is 0 Å². The summed E-state index contributed by atoms with van der Waals surface area (Å²) in [5.41, 5.74) is 2.23. The predicted molar refractivity (Wildman–Crippen MR) is 76.6 cm³/mol. The minimum Gasteiger partial charge on any atom is -0.464 e. The van der Waals surface area contributed by atoms with Crippen molar-refractivity contribution < 1.29 is 4.42 Å². The smallest absolute Gasteiger partial charge is 0.134 e. The van der Waals surface area contributed by atoms with E-state index in [-0.39, 0.29) is 0 Å². The van der Waals surface area contributed by atoms with Crippen LogP contribution in [-0.4, -0.2) is 6.04 Å². The molecule has 0 aliphatic heterocycles. The predicted octanol–water partition coefficient (Wildman–Crippen LogP) is 4.35. The van der Waals surface area contributed by atoms with Crippen LogP contribution in [0, 0.1) is 5.92 Å². The molecule has 0 fully saturated rings. The summed E-state index contributed by atoms with van der Waals surface area (Å²) in [6.45, 7) is 7.69. The molecule has 0 saturated carbocycles. The van der Waals surface area contributed by atoms with Crippen LogP contribution in [-0.2, 0) is 6.54 Å². The molecule has 0 radical (unpaired) electrons. The van der Waals surface area contributed by atoms with Gasteiger partial charge in [-0.3, -0.25) is 0 Å². The van der Waals surface area contributed by atoms with Crippen LogP contribution in [0.25, 0.3) is 11.0 Å². The Labute approximate surface area is 109 Å². The number of para-hydroxylation sites is 1. The molecule has 0 bridgehead atoms. The number of hydrogen-bond acceptors (Lipinski definition) is 2. The van der Waals surface area contributed by atoms with Crippen LogP contribution in [0.5, 0.6) is 0 Å². The van der Waals surface area contributed by atoms with E-state index in [4.69, 9.17) is 4.42 Å². The van der Waals surface area contributed by atoms with E-state index >= 15 is 0 Å². The lowest BCUT2D eigenvalue weighted by Crippen LogP contribution is -2.25. The molecule has 2 rings (SSSR count). The Morgan fingerprint density at radius 1 is 1.11 bits per heavy atom. The molecule has 1 unspecified atom stereocenters. The zero-order valence-electron chi connectivity index (χ0n) is 11.6. The highest BCUT2D eigenvalue weighted by Gasteiger charge is 2.07. The number of hydrogen-bond donors (Lipinski definition) is 1. The molecule has 1 heterocycles. The fraction of sp³-hybridized carbons (Fsp3) is 0.500. The Balaban J connectivity index is 1.90. The van der Waals surface area contributed by atoms with Crippen molar-refractivity contribution in [1.29, 1.82) is 0 Å². The zero-order valence-corrected chi connectivity index (χ0v) is 11.6. The zero-order chi connectivity index (χ0) is 13.0. The number of furan rings is 1. The molecule has 0 aliphatic rings. The molecule has 18 heavy (non-hydrogen) atoms. The van der Waals surface area contributed by atoms with Gasteiger partial charge in [-0.05, 0) is 31.7 Å². The first kappa shape index (κ1) is 13.2. The topological polar surface area (TPSA) is 25.2 Å². The fourth-order valence-corrected chi connectivity index (χ4v) is 2.14. The van der Waals surface area contributed by atoms with Crippen LogP contribution in [0.15, 0.2) is 34.9 Å². The number of rotatable bonds is 6. The Bertz CT molecular complexity index is 487. The lowest BCUT2D eigenvalue weighted by atomic mass is 10.0. The highest BCUT2D eigenvalue weighted by atomic mass is 16.3. The first-order chi connectivity index (χ1) is 8.66. The third kappa shape index (κ3) is 3.36. The second-order valence-corrected chi connectivity index (χ2v) is 5.51. The molecule has 0 spiro atoms. The van der Waals surface area contributed by atoms with Gasteiger partial charge in [0.25, 0.3) is 0 Å².